The van der Waals surface area contributed by atoms with Crippen LogP contribution in [0.5, 0.6) is 5.75 Å². The van der Waals surface area contributed by atoms with Crippen LogP contribution in [0.2, 0.25) is 0 Å². The minimum absolute atomic E-state index is 0.104. The van der Waals surface area contributed by atoms with Gasteiger partial charge >= 0.3 is 0 Å². The molecule has 1 unspecified atom stereocenters. The Balaban J connectivity index is 2.39. The Kier molecular flexibility index (Phi) is 9.53. The Labute approximate surface area is 209 Å². The highest BCUT2D eigenvalue weighted by atomic mass is 127. The van der Waals surface area contributed by atoms with Gasteiger partial charge in [0, 0.05) is 16.2 Å². The van der Waals surface area contributed by atoms with Crippen molar-refractivity contribution in [2.75, 3.05) is 24.2 Å². The molecule has 2 rings (SSSR count). The molecule has 0 aliphatic carbocycles. The predicted octanol–water partition coefficient (Wildman–Crippen LogP) is 3.01. The number of carbonyl (C=O) groups excluding carboxylic acids is 2. The second-order valence-corrected chi connectivity index (χ2v) is 11.1. The number of anilines is 1. The number of methoxy groups -OCH3 is 1. The minimum Gasteiger partial charge on any atom is -0.497 e. The molecule has 0 radical (unpaired) electrons. The Hall–Kier alpha value is -2.34. The number of rotatable bonds is 10. The lowest BCUT2D eigenvalue weighted by Gasteiger charge is -2.32. The molecule has 0 bridgehead atoms. The van der Waals surface area contributed by atoms with Crippen LogP contribution in [-0.2, 0) is 26.2 Å². The molecule has 1 atom stereocenters. The summed E-state index contributed by atoms with van der Waals surface area (Å²) in [6.45, 7) is 4.99. The monoisotopic (exact) mass is 587 g/mol. The highest BCUT2D eigenvalue weighted by Gasteiger charge is 2.30. The van der Waals surface area contributed by atoms with E-state index in [1.54, 1.807) is 56.5 Å². The molecule has 2 aromatic rings. The average Bonchev–Trinajstić information content (AvgIpc) is 2.74. The van der Waals surface area contributed by atoms with Gasteiger partial charge < -0.3 is 15.0 Å². The summed E-state index contributed by atoms with van der Waals surface area (Å²) in [5.74, 6) is -0.189. The van der Waals surface area contributed by atoms with E-state index in [-0.39, 0.29) is 18.5 Å². The first kappa shape index (κ1) is 26.9. The SMILES string of the molecule is COc1cccc(CN(C(=O)CN(c2ccc(I)cc2)S(C)(=O)=O)C(C)C(=O)NC(C)C)c1. The van der Waals surface area contributed by atoms with Crippen LogP contribution in [-0.4, -0.2) is 57.1 Å². The van der Waals surface area contributed by atoms with E-state index in [2.05, 4.69) is 27.9 Å². The third-order valence-electron chi connectivity index (χ3n) is 4.88. The maximum Gasteiger partial charge on any atom is 0.244 e. The van der Waals surface area contributed by atoms with Gasteiger partial charge in [0.05, 0.1) is 19.1 Å². The highest BCUT2D eigenvalue weighted by molar-refractivity contribution is 14.1. The first-order valence-electron chi connectivity index (χ1n) is 10.4. The molecule has 0 heterocycles. The third-order valence-corrected chi connectivity index (χ3v) is 6.74. The van der Waals surface area contributed by atoms with Crippen LogP contribution in [0.4, 0.5) is 5.69 Å². The summed E-state index contributed by atoms with van der Waals surface area (Å²) in [5, 5.41) is 2.82. The van der Waals surface area contributed by atoms with Crippen molar-refractivity contribution in [2.24, 2.45) is 0 Å². The number of sulfonamides is 1. The summed E-state index contributed by atoms with van der Waals surface area (Å²) in [7, 11) is -2.20. The lowest BCUT2D eigenvalue weighted by Crippen LogP contribution is -2.52. The summed E-state index contributed by atoms with van der Waals surface area (Å²) in [4.78, 5) is 27.6. The van der Waals surface area contributed by atoms with Crippen LogP contribution in [0.15, 0.2) is 48.5 Å². The van der Waals surface area contributed by atoms with E-state index in [4.69, 9.17) is 4.74 Å². The number of halogens is 1. The largest absolute Gasteiger partial charge is 0.497 e. The molecule has 0 spiro atoms. The molecule has 1 N–H and O–H groups in total. The number of benzene rings is 2. The lowest BCUT2D eigenvalue weighted by atomic mass is 10.1. The Morgan fingerprint density at radius 3 is 2.27 bits per heavy atom. The number of ether oxygens (including phenoxy) is 1. The van der Waals surface area contributed by atoms with E-state index >= 15 is 0 Å². The van der Waals surface area contributed by atoms with E-state index < -0.39 is 28.5 Å². The van der Waals surface area contributed by atoms with Crippen molar-refractivity contribution in [3.63, 3.8) is 0 Å². The quantitative estimate of drug-likeness (QED) is 0.432. The summed E-state index contributed by atoms with van der Waals surface area (Å²) in [6.07, 6.45) is 1.06. The number of nitrogens with zero attached hydrogens (tertiary/aromatic N) is 2. The van der Waals surface area contributed by atoms with Crippen LogP contribution < -0.4 is 14.4 Å². The van der Waals surface area contributed by atoms with Gasteiger partial charge in [0.25, 0.3) is 0 Å². The maximum absolute atomic E-state index is 13.4. The van der Waals surface area contributed by atoms with E-state index in [1.165, 1.54) is 4.90 Å². The van der Waals surface area contributed by atoms with Crippen molar-refractivity contribution in [3.05, 3.63) is 57.7 Å². The molecule has 10 heteroatoms. The second kappa shape index (κ2) is 11.7. The number of carbonyl (C=O) groups is 2. The van der Waals surface area contributed by atoms with Gasteiger partial charge in [0.2, 0.25) is 21.8 Å². The zero-order valence-corrected chi connectivity index (χ0v) is 22.4. The molecule has 180 valence electrons. The van der Waals surface area contributed by atoms with Crippen LogP contribution >= 0.6 is 22.6 Å². The number of hydrogen-bond donors (Lipinski definition) is 1. The zero-order valence-electron chi connectivity index (χ0n) is 19.4. The molecule has 33 heavy (non-hydrogen) atoms. The average molecular weight is 587 g/mol. The van der Waals surface area contributed by atoms with Gasteiger partial charge in [-0.1, -0.05) is 12.1 Å². The minimum atomic E-state index is -3.75. The predicted molar refractivity (Wildman–Crippen MR) is 138 cm³/mol. The molecule has 2 aromatic carbocycles. The van der Waals surface area contributed by atoms with Gasteiger partial charge in [-0.05, 0) is 85.3 Å². The Bertz CT molecular complexity index is 1070. The number of hydrogen-bond acceptors (Lipinski definition) is 5. The van der Waals surface area contributed by atoms with E-state index in [9.17, 15) is 18.0 Å². The molecule has 0 fully saturated rings. The molecule has 0 saturated carbocycles. The smallest absolute Gasteiger partial charge is 0.244 e. The van der Waals surface area contributed by atoms with Crippen molar-refractivity contribution in [1.82, 2.24) is 10.2 Å². The second-order valence-electron chi connectivity index (χ2n) is 7.96. The fraction of sp³-hybridized carbons (Fsp3) is 0.391. The molecular weight excluding hydrogens is 557 g/mol. The van der Waals surface area contributed by atoms with Gasteiger partial charge in [0.1, 0.15) is 18.3 Å². The molecule has 0 saturated heterocycles. The summed E-state index contributed by atoms with van der Waals surface area (Å²) in [6, 6.07) is 13.1. The van der Waals surface area contributed by atoms with Gasteiger partial charge in [-0.2, -0.15) is 0 Å². The van der Waals surface area contributed by atoms with Crippen LogP contribution in [0.1, 0.15) is 26.3 Å². The van der Waals surface area contributed by atoms with E-state index in [0.29, 0.717) is 11.4 Å². The molecule has 2 amide bonds. The van der Waals surface area contributed by atoms with Gasteiger partial charge in [-0.15, -0.1) is 0 Å². The number of nitrogens with one attached hydrogen (secondary N) is 1. The molecular formula is C23H30IN3O5S. The van der Waals surface area contributed by atoms with Crippen molar-refractivity contribution in [3.8, 4) is 5.75 Å². The molecule has 8 nitrogen and oxygen atoms in total. The van der Waals surface area contributed by atoms with Gasteiger partial charge in [-0.25, -0.2) is 8.42 Å². The summed E-state index contributed by atoms with van der Waals surface area (Å²) >= 11 is 2.12. The fourth-order valence-corrected chi connectivity index (χ4v) is 4.39. The third kappa shape index (κ3) is 7.88. The first-order valence-corrected chi connectivity index (χ1v) is 13.3. The van der Waals surface area contributed by atoms with Gasteiger partial charge in [-0.3, -0.25) is 13.9 Å². The maximum atomic E-state index is 13.4. The number of amides is 2. The molecule has 0 aliphatic heterocycles. The summed E-state index contributed by atoms with van der Waals surface area (Å²) < 4.78 is 32.3. The van der Waals surface area contributed by atoms with Gasteiger partial charge in [0.15, 0.2) is 0 Å². The van der Waals surface area contributed by atoms with E-state index in [0.717, 1.165) is 19.7 Å². The molecule has 0 aromatic heterocycles. The Morgan fingerprint density at radius 1 is 1.09 bits per heavy atom. The van der Waals surface area contributed by atoms with Crippen molar-refractivity contribution >= 4 is 50.1 Å². The summed E-state index contributed by atoms with van der Waals surface area (Å²) in [5.41, 5.74) is 1.14. The Morgan fingerprint density at radius 2 is 1.73 bits per heavy atom. The topological polar surface area (TPSA) is 96.0 Å². The van der Waals surface area contributed by atoms with Crippen molar-refractivity contribution in [1.29, 1.82) is 0 Å². The standard InChI is InChI=1S/C23H30IN3O5S/c1-16(2)25-23(29)17(3)26(14-18-7-6-8-21(13-18)32-4)22(28)15-27(33(5,30)31)20-11-9-19(24)10-12-20/h6-13,16-17H,14-15H2,1-5H3,(H,25,29). The normalized spacial score (nSPS) is 12.2. The first-order chi connectivity index (χ1) is 15.4. The highest BCUT2D eigenvalue weighted by Crippen LogP contribution is 2.21. The van der Waals surface area contributed by atoms with Crippen LogP contribution in [0.25, 0.3) is 0 Å². The fourth-order valence-electron chi connectivity index (χ4n) is 3.18. The van der Waals surface area contributed by atoms with E-state index in [1.807, 2.05) is 19.9 Å². The van der Waals surface area contributed by atoms with Crippen LogP contribution in [0.3, 0.4) is 0 Å². The molecule has 0 aliphatic rings. The lowest BCUT2D eigenvalue weighted by molar-refractivity contribution is -0.139. The van der Waals surface area contributed by atoms with Crippen LogP contribution in [0, 0.1) is 3.57 Å². The van der Waals surface area contributed by atoms with Crippen molar-refractivity contribution in [2.45, 2.75) is 39.4 Å². The zero-order chi connectivity index (χ0) is 24.8. The van der Waals surface area contributed by atoms with Crippen molar-refractivity contribution < 1.29 is 22.7 Å².